The van der Waals surface area contributed by atoms with E-state index >= 15 is 0 Å². The summed E-state index contributed by atoms with van der Waals surface area (Å²) in [5, 5.41) is 14.0. The van der Waals surface area contributed by atoms with E-state index in [0.717, 1.165) is 24.2 Å². The van der Waals surface area contributed by atoms with Crippen LogP contribution in [0.15, 0.2) is 86.0 Å². The molecular formula is C41H52N4O8. The molecule has 0 aromatic heterocycles. The SMILES string of the molecule is C=CCCC(=O)OC[C@@H](NC(=O)[C@@H]1[C@@H]2CC[C@]3(O2)[C@H](C(=O)N(CC=C)CCN2CCOCC2)N([C@@H](CO)Cc2ccccc2)C(=O)[C@@H]13)c1ccccc1. The summed E-state index contributed by atoms with van der Waals surface area (Å²) >= 11 is 0. The van der Waals surface area contributed by atoms with Crippen molar-refractivity contribution in [3.05, 3.63) is 97.1 Å². The van der Waals surface area contributed by atoms with Crippen LogP contribution in [-0.4, -0.2) is 126 Å². The Hall–Kier alpha value is -4.36. The van der Waals surface area contributed by atoms with Crippen molar-refractivity contribution in [1.82, 2.24) is 20.0 Å². The number of carbonyl (C=O) groups excluding carboxylic acids is 4. The number of nitrogens with zero attached hydrogens (tertiary/aromatic N) is 3. The summed E-state index contributed by atoms with van der Waals surface area (Å²) < 4.78 is 17.8. The van der Waals surface area contributed by atoms with Crippen molar-refractivity contribution in [2.45, 2.75) is 61.9 Å². The molecule has 7 atom stereocenters. The summed E-state index contributed by atoms with van der Waals surface area (Å²) in [5.74, 6) is -3.31. The lowest BCUT2D eigenvalue weighted by atomic mass is 9.70. The largest absolute Gasteiger partial charge is 0.463 e. The first kappa shape index (κ1) is 38.4. The summed E-state index contributed by atoms with van der Waals surface area (Å²) in [6.07, 6.45) is 4.61. The highest BCUT2D eigenvalue weighted by Gasteiger charge is 2.75. The lowest BCUT2D eigenvalue weighted by Crippen LogP contribution is -2.59. The zero-order valence-electron chi connectivity index (χ0n) is 30.4. The predicted molar refractivity (Wildman–Crippen MR) is 197 cm³/mol. The van der Waals surface area contributed by atoms with Crippen molar-refractivity contribution in [3.8, 4) is 0 Å². The Morgan fingerprint density at radius 3 is 2.45 bits per heavy atom. The molecule has 2 bridgehead atoms. The van der Waals surface area contributed by atoms with Crippen LogP contribution in [-0.2, 0) is 39.8 Å². The number of allylic oxidation sites excluding steroid dienone is 1. The molecule has 3 amide bonds. The number of fused-ring (bicyclic) bond motifs is 1. The smallest absolute Gasteiger partial charge is 0.306 e. The monoisotopic (exact) mass is 728 g/mol. The first-order valence-corrected chi connectivity index (χ1v) is 18.8. The number of aliphatic hydroxyl groups is 1. The number of morpholine rings is 1. The number of hydrogen-bond donors (Lipinski definition) is 2. The van der Waals surface area contributed by atoms with E-state index < -0.39 is 53.5 Å². The van der Waals surface area contributed by atoms with Gasteiger partial charge in [-0.25, -0.2) is 0 Å². The molecule has 0 radical (unpaired) electrons. The molecule has 4 fully saturated rings. The minimum absolute atomic E-state index is 0.0930. The Morgan fingerprint density at radius 1 is 1.06 bits per heavy atom. The van der Waals surface area contributed by atoms with Gasteiger partial charge in [-0.15, -0.1) is 13.2 Å². The lowest BCUT2D eigenvalue weighted by molar-refractivity contribution is -0.151. The average molecular weight is 729 g/mol. The zero-order valence-corrected chi connectivity index (χ0v) is 30.4. The second kappa shape index (κ2) is 17.6. The molecule has 4 aliphatic rings. The number of esters is 1. The van der Waals surface area contributed by atoms with E-state index in [1.165, 1.54) is 4.90 Å². The molecule has 0 aliphatic carbocycles. The van der Waals surface area contributed by atoms with Crippen LogP contribution in [0.2, 0.25) is 0 Å². The van der Waals surface area contributed by atoms with Crippen LogP contribution in [0.5, 0.6) is 0 Å². The number of nitrogens with one attached hydrogen (secondary N) is 1. The Kier molecular flexibility index (Phi) is 12.8. The van der Waals surface area contributed by atoms with Gasteiger partial charge in [-0.1, -0.05) is 72.8 Å². The number of hydrogen-bond acceptors (Lipinski definition) is 9. The van der Waals surface area contributed by atoms with Crippen molar-refractivity contribution in [3.63, 3.8) is 0 Å². The highest BCUT2D eigenvalue weighted by atomic mass is 16.5. The third-order valence-corrected chi connectivity index (χ3v) is 11.1. The normalized spacial score (nSPS) is 26.1. The predicted octanol–water partition coefficient (Wildman–Crippen LogP) is 2.68. The second-order valence-corrected chi connectivity index (χ2v) is 14.3. The minimum Gasteiger partial charge on any atom is -0.463 e. The van der Waals surface area contributed by atoms with Crippen LogP contribution in [0.3, 0.4) is 0 Å². The molecule has 12 heteroatoms. The van der Waals surface area contributed by atoms with Crippen LogP contribution >= 0.6 is 0 Å². The van der Waals surface area contributed by atoms with Crippen molar-refractivity contribution < 1.29 is 38.5 Å². The molecule has 2 N–H and O–H groups in total. The van der Waals surface area contributed by atoms with Crippen molar-refractivity contribution in [2.24, 2.45) is 11.8 Å². The molecule has 284 valence electrons. The van der Waals surface area contributed by atoms with Gasteiger partial charge in [0.2, 0.25) is 17.7 Å². The molecule has 4 saturated heterocycles. The fourth-order valence-corrected chi connectivity index (χ4v) is 8.55. The van der Waals surface area contributed by atoms with Crippen LogP contribution in [0.25, 0.3) is 0 Å². The number of aliphatic hydroxyl groups excluding tert-OH is 1. The number of ether oxygens (including phenoxy) is 3. The molecule has 6 rings (SSSR count). The van der Waals surface area contributed by atoms with E-state index in [0.29, 0.717) is 52.0 Å². The van der Waals surface area contributed by atoms with Gasteiger partial charge in [0.05, 0.1) is 49.8 Å². The quantitative estimate of drug-likeness (QED) is 0.175. The molecule has 0 unspecified atom stereocenters. The van der Waals surface area contributed by atoms with Gasteiger partial charge >= 0.3 is 5.97 Å². The number of benzene rings is 2. The standard InChI is InChI=1S/C41H52N4O8/c1-3-5-16-34(47)52-28-32(30-14-10-7-11-15-30)42-38(48)35-33-17-18-41(53-33)36(35)39(49)45(31(27-46)26-29-12-8-6-9-13-29)37(41)40(50)44(19-4-2)21-20-43-22-24-51-25-23-43/h3-4,6-15,31-33,35-37,46H,1-2,5,16-28H2,(H,42,48)/t31-,32-,33+,35-,36-,37+,41-/m1/s1. The van der Waals surface area contributed by atoms with Crippen LogP contribution < -0.4 is 5.32 Å². The Labute approximate surface area is 311 Å². The highest BCUT2D eigenvalue weighted by Crippen LogP contribution is 2.59. The zero-order chi connectivity index (χ0) is 37.4. The molecule has 0 saturated carbocycles. The second-order valence-electron chi connectivity index (χ2n) is 14.3. The van der Waals surface area contributed by atoms with Gasteiger partial charge in [-0.05, 0) is 36.8 Å². The first-order chi connectivity index (χ1) is 25.8. The molecule has 2 aromatic rings. The Bertz CT molecular complexity index is 1600. The van der Waals surface area contributed by atoms with Gasteiger partial charge in [0.25, 0.3) is 0 Å². The Balaban J connectivity index is 1.31. The van der Waals surface area contributed by atoms with Crippen molar-refractivity contribution in [2.75, 3.05) is 59.2 Å². The molecule has 4 aliphatic heterocycles. The number of rotatable bonds is 18. The number of likely N-dealkylation sites (tertiary alicyclic amines) is 1. The summed E-state index contributed by atoms with van der Waals surface area (Å²) in [4.78, 5) is 62.3. The molecule has 12 nitrogen and oxygen atoms in total. The fraction of sp³-hybridized carbons (Fsp3) is 0.512. The maximum atomic E-state index is 14.9. The third-order valence-electron chi connectivity index (χ3n) is 11.1. The fourth-order valence-electron chi connectivity index (χ4n) is 8.55. The molecule has 53 heavy (non-hydrogen) atoms. The van der Waals surface area contributed by atoms with Gasteiger partial charge < -0.3 is 34.4 Å². The van der Waals surface area contributed by atoms with Crippen LogP contribution in [0.4, 0.5) is 0 Å². The molecular weight excluding hydrogens is 676 g/mol. The van der Waals surface area contributed by atoms with E-state index in [4.69, 9.17) is 14.2 Å². The topological polar surface area (TPSA) is 138 Å². The summed E-state index contributed by atoms with van der Waals surface area (Å²) in [6.45, 7) is 11.2. The van der Waals surface area contributed by atoms with E-state index in [2.05, 4.69) is 23.4 Å². The van der Waals surface area contributed by atoms with E-state index in [1.807, 2.05) is 60.7 Å². The lowest BCUT2D eigenvalue weighted by Gasteiger charge is -2.40. The van der Waals surface area contributed by atoms with E-state index in [-0.39, 0.29) is 38.0 Å². The molecule has 2 aromatic carbocycles. The number of carbonyl (C=O) groups is 4. The summed E-state index contributed by atoms with van der Waals surface area (Å²) in [6, 6.07) is 16.3. The number of amides is 3. The first-order valence-electron chi connectivity index (χ1n) is 18.8. The van der Waals surface area contributed by atoms with Crippen molar-refractivity contribution in [1.29, 1.82) is 0 Å². The summed E-state index contributed by atoms with van der Waals surface area (Å²) in [5.41, 5.74) is 0.387. The average Bonchev–Trinajstić information content (AvgIpc) is 3.84. The van der Waals surface area contributed by atoms with Gasteiger partial charge in [-0.3, -0.25) is 24.1 Å². The summed E-state index contributed by atoms with van der Waals surface area (Å²) in [7, 11) is 0. The van der Waals surface area contributed by atoms with Crippen molar-refractivity contribution >= 4 is 23.7 Å². The van der Waals surface area contributed by atoms with Crippen LogP contribution in [0.1, 0.15) is 42.9 Å². The molecule has 1 spiro atoms. The van der Waals surface area contributed by atoms with E-state index in [9.17, 15) is 24.3 Å². The maximum absolute atomic E-state index is 14.9. The highest BCUT2D eigenvalue weighted by molar-refractivity contribution is 5.99. The van der Waals surface area contributed by atoms with Gasteiger partial charge in [0.1, 0.15) is 18.2 Å². The minimum atomic E-state index is -1.26. The van der Waals surface area contributed by atoms with Gasteiger partial charge in [-0.2, -0.15) is 0 Å². The Morgan fingerprint density at radius 2 is 1.77 bits per heavy atom. The molecule has 4 heterocycles. The maximum Gasteiger partial charge on any atom is 0.306 e. The third kappa shape index (κ3) is 8.26. The van der Waals surface area contributed by atoms with E-state index in [1.54, 1.807) is 17.1 Å². The van der Waals surface area contributed by atoms with Gasteiger partial charge in [0.15, 0.2) is 0 Å². The van der Waals surface area contributed by atoms with Crippen LogP contribution in [0, 0.1) is 11.8 Å². The van der Waals surface area contributed by atoms with Gasteiger partial charge in [0, 0.05) is 39.1 Å².